The van der Waals surface area contributed by atoms with Crippen LogP contribution in [0, 0.1) is 5.82 Å². The Kier molecular flexibility index (Phi) is 4.68. The number of carbonyl (C=O) groups is 1. The van der Waals surface area contributed by atoms with Gasteiger partial charge in [0.15, 0.2) is 0 Å². The van der Waals surface area contributed by atoms with Crippen LogP contribution in [0.15, 0.2) is 41.0 Å². The van der Waals surface area contributed by atoms with E-state index in [4.69, 9.17) is 4.74 Å². The number of halogens is 2. The largest absolute Gasteiger partial charge is 0.492 e. The minimum absolute atomic E-state index is 0.264. The second-order valence-electron chi connectivity index (χ2n) is 3.89. The number of anilines is 1. The van der Waals surface area contributed by atoms with Gasteiger partial charge < -0.3 is 10.1 Å². The molecule has 0 saturated heterocycles. The minimum Gasteiger partial charge on any atom is -0.492 e. The van der Waals surface area contributed by atoms with Gasteiger partial charge in [0, 0.05) is 16.7 Å². The lowest BCUT2D eigenvalue weighted by molar-refractivity contribution is 0.102. The van der Waals surface area contributed by atoms with Crippen molar-refractivity contribution in [2.24, 2.45) is 0 Å². The lowest BCUT2D eigenvalue weighted by atomic mass is 10.2. The van der Waals surface area contributed by atoms with Gasteiger partial charge in [-0.1, -0.05) is 0 Å². The van der Waals surface area contributed by atoms with Gasteiger partial charge in [0.2, 0.25) is 0 Å². The Hall–Kier alpha value is -1.95. The van der Waals surface area contributed by atoms with Crippen LogP contribution in [0.2, 0.25) is 0 Å². The van der Waals surface area contributed by atoms with Gasteiger partial charge in [-0.05, 0) is 47.1 Å². The highest BCUT2D eigenvalue weighted by atomic mass is 79.9. The summed E-state index contributed by atoms with van der Waals surface area (Å²) in [6, 6.07) is 7.25. The number of rotatable bonds is 4. The Balaban J connectivity index is 2.21. The molecule has 0 aliphatic heterocycles. The number of carbonyl (C=O) groups excluding carboxylic acids is 1. The molecule has 0 aliphatic carbocycles. The fourth-order valence-corrected chi connectivity index (χ4v) is 1.81. The van der Waals surface area contributed by atoms with Crippen LogP contribution in [0.1, 0.15) is 17.4 Å². The number of ether oxygens (including phenoxy) is 1. The smallest absolute Gasteiger partial charge is 0.274 e. The number of amides is 1. The molecular weight excluding hydrogens is 327 g/mol. The van der Waals surface area contributed by atoms with Crippen molar-refractivity contribution in [3.8, 4) is 5.75 Å². The Morgan fingerprint density at radius 2 is 2.20 bits per heavy atom. The number of aromatic nitrogens is 1. The highest BCUT2D eigenvalue weighted by molar-refractivity contribution is 9.10. The van der Waals surface area contributed by atoms with Gasteiger partial charge in [0.05, 0.1) is 12.3 Å². The first-order chi connectivity index (χ1) is 9.60. The summed E-state index contributed by atoms with van der Waals surface area (Å²) in [7, 11) is 0. The monoisotopic (exact) mass is 338 g/mol. The van der Waals surface area contributed by atoms with E-state index < -0.39 is 5.82 Å². The number of pyridine rings is 1. The van der Waals surface area contributed by atoms with Gasteiger partial charge >= 0.3 is 0 Å². The summed E-state index contributed by atoms with van der Waals surface area (Å²) in [5.41, 5.74) is 0.669. The van der Waals surface area contributed by atoms with Crippen LogP contribution in [0.25, 0.3) is 0 Å². The molecule has 20 heavy (non-hydrogen) atoms. The van der Waals surface area contributed by atoms with E-state index in [9.17, 15) is 9.18 Å². The molecule has 0 spiro atoms. The number of hydrogen-bond acceptors (Lipinski definition) is 3. The second-order valence-corrected chi connectivity index (χ2v) is 4.80. The molecule has 0 unspecified atom stereocenters. The average Bonchev–Trinajstić information content (AvgIpc) is 2.43. The molecule has 4 nitrogen and oxygen atoms in total. The van der Waals surface area contributed by atoms with E-state index in [1.54, 1.807) is 19.1 Å². The normalized spacial score (nSPS) is 10.2. The first-order valence-corrected chi connectivity index (χ1v) is 6.74. The van der Waals surface area contributed by atoms with Gasteiger partial charge in [-0.25, -0.2) is 9.37 Å². The molecule has 6 heteroatoms. The summed E-state index contributed by atoms with van der Waals surface area (Å²) >= 11 is 3.25. The van der Waals surface area contributed by atoms with Crippen LogP contribution in [0.4, 0.5) is 10.1 Å². The van der Waals surface area contributed by atoms with E-state index in [1.807, 2.05) is 0 Å². The zero-order chi connectivity index (χ0) is 14.5. The topological polar surface area (TPSA) is 51.2 Å². The fourth-order valence-electron chi connectivity index (χ4n) is 1.57. The molecule has 0 bridgehead atoms. The Labute approximate surface area is 124 Å². The van der Waals surface area contributed by atoms with Gasteiger partial charge in [0.25, 0.3) is 5.91 Å². The Bertz CT molecular complexity index is 617. The van der Waals surface area contributed by atoms with Crippen molar-refractivity contribution in [3.05, 3.63) is 52.5 Å². The predicted octanol–water partition coefficient (Wildman–Crippen LogP) is 3.63. The van der Waals surface area contributed by atoms with Crippen LogP contribution in [-0.2, 0) is 0 Å². The lowest BCUT2D eigenvalue weighted by Crippen LogP contribution is -2.14. The van der Waals surface area contributed by atoms with E-state index in [1.165, 1.54) is 24.4 Å². The molecule has 1 aromatic carbocycles. The zero-order valence-electron chi connectivity index (χ0n) is 10.7. The lowest BCUT2D eigenvalue weighted by Gasteiger charge is -2.11. The summed E-state index contributed by atoms with van der Waals surface area (Å²) in [5, 5.41) is 2.65. The SMILES string of the molecule is CCOc1cc(F)ccc1NC(=O)c1ccc(Br)cn1. The van der Waals surface area contributed by atoms with Crippen LogP contribution in [0.3, 0.4) is 0 Å². The van der Waals surface area contributed by atoms with Crippen molar-refractivity contribution < 1.29 is 13.9 Å². The Morgan fingerprint density at radius 1 is 1.40 bits per heavy atom. The molecule has 1 aromatic heterocycles. The van der Waals surface area contributed by atoms with Crippen molar-refractivity contribution >= 4 is 27.5 Å². The van der Waals surface area contributed by atoms with E-state index in [-0.39, 0.29) is 17.4 Å². The fraction of sp³-hybridized carbons (Fsp3) is 0.143. The van der Waals surface area contributed by atoms with Crippen LogP contribution in [-0.4, -0.2) is 17.5 Å². The summed E-state index contributed by atoms with van der Waals surface area (Å²) in [4.78, 5) is 16.0. The summed E-state index contributed by atoms with van der Waals surface area (Å²) < 4.78 is 19.2. The number of benzene rings is 1. The van der Waals surface area contributed by atoms with E-state index >= 15 is 0 Å². The molecule has 0 aliphatic rings. The highest BCUT2D eigenvalue weighted by Gasteiger charge is 2.11. The molecule has 0 atom stereocenters. The van der Waals surface area contributed by atoms with Crippen LogP contribution >= 0.6 is 15.9 Å². The first kappa shape index (κ1) is 14.5. The summed E-state index contributed by atoms with van der Waals surface area (Å²) in [5.74, 6) is -0.517. The summed E-state index contributed by atoms with van der Waals surface area (Å²) in [6.45, 7) is 2.16. The van der Waals surface area contributed by atoms with Gasteiger partial charge in [0.1, 0.15) is 17.3 Å². The molecule has 0 fully saturated rings. The van der Waals surface area contributed by atoms with E-state index in [0.29, 0.717) is 12.3 Å². The van der Waals surface area contributed by atoms with Crippen molar-refractivity contribution in [2.45, 2.75) is 6.92 Å². The Morgan fingerprint density at radius 3 is 2.85 bits per heavy atom. The highest BCUT2D eigenvalue weighted by Crippen LogP contribution is 2.25. The molecule has 2 aromatic rings. The molecule has 2 rings (SSSR count). The molecule has 1 N–H and O–H groups in total. The maximum Gasteiger partial charge on any atom is 0.274 e. The number of nitrogens with one attached hydrogen (secondary N) is 1. The predicted molar refractivity (Wildman–Crippen MR) is 77.5 cm³/mol. The number of nitrogens with zero attached hydrogens (tertiary/aromatic N) is 1. The summed E-state index contributed by atoms with van der Waals surface area (Å²) in [6.07, 6.45) is 1.53. The van der Waals surface area contributed by atoms with Gasteiger partial charge in [-0.15, -0.1) is 0 Å². The van der Waals surface area contributed by atoms with E-state index in [0.717, 1.165) is 4.47 Å². The quantitative estimate of drug-likeness (QED) is 0.925. The molecular formula is C14H12BrFN2O2. The first-order valence-electron chi connectivity index (χ1n) is 5.95. The maximum absolute atomic E-state index is 13.2. The third-order valence-corrected chi connectivity index (χ3v) is 2.92. The van der Waals surface area contributed by atoms with Crippen molar-refractivity contribution in [1.29, 1.82) is 0 Å². The molecule has 104 valence electrons. The molecule has 1 heterocycles. The van der Waals surface area contributed by atoms with Crippen molar-refractivity contribution in [3.63, 3.8) is 0 Å². The molecule has 1 amide bonds. The van der Waals surface area contributed by atoms with Crippen molar-refractivity contribution in [2.75, 3.05) is 11.9 Å². The van der Waals surface area contributed by atoms with Gasteiger partial charge in [-0.2, -0.15) is 0 Å². The van der Waals surface area contributed by atoms with Gasteiger partial charge in [-0.3, -0.25) is 4.79 Å². The molecule has 0 radical (unpaired) electrons. The maximum atomic E-state index is 13.2. The second kappa shape index (κ2) is 6.47. The third kappa shape index (κ3) is 3.54. The van der Waals surface area contributed by atoms with Crippen LogP contribution < -0.4 is 10.1 Å². The van der Waals surface area contributed by atoms with E-state index in [2.05, 4.69) is 26.2 Å². The average molecular weight is 339 g/mol. The van der Waals surface area contributed by atoms with Crippen LogP contribution in [0.5, 0.6) is 5.75 Å². The zero-order valence-corrected chi connectivity index (χ0v) is 12.3. The molecule has 0 saturated carbocycles. The number of hydrogen-bond donors (Lipinski definition) is 1. The standard InChI is InChI=1S/C14H12BrFN2O2/c1-2-20-13-7-10(16)4-6-11(13)18-14(19)12-5-3-9(15)8-17-12/h3-8H,2H2,1H3,(H,18,19). The van der Waals surface area contributed by atoms with Crippen molar-refractivity contribution in [1.82, 2.24) is 4.98 Å². The minimum atomic E-state index is -0.423. The third-order valence-electron chi connectivity index (χ3n) is 2.45.